The Morgan fingerprint density at radius 2 is 0.915 bits per heavy atom. The lowest BCUT2D eigenvalue weighted by Gasteiger charge is -2.36. The number of benzene rings is 2. The number of amides is 8. The van der Waals surface area contributed by atoms with Crippen LogP contribution < -0.4 is 31.9 Å². The summed E-state index contributed by atoms with van der Waals surface area (Å²) < 4.78 is 28.9. The van der Waals surface area contributed by atoms with Gasteiger partial charge >= 0.3 is 0 Å². The second-order valence-electron chi connectivity index (χ2n) is 23.9. The maximum Gasteiger partial charge on any atom is 0.258 e. The summed E-state index contributed by atoms with van der Waals surface area (Å²) in [7, 11) is 3.02. The molecule has 0 bridgehead atoms. The van der Waals surface area contributed by atoms with Gasteiger partial charge in [0.05, 0.1) is 69.3 Å². The normalized spacial score (nSPS) is 21.1. The van der Waals surface area contributed by atoms with Crippen molar-refractivity contribution in [2.45, 2.75) is 167 Å². The van der Waals surface area contributed by atoms with E-state index < -0.39 is 106 Å². The molecule has 0 spiro atoms. The molecule has 8 N–H and O–H groups in total. The number of β-amino-alcohol motifs (C(OH)–C–C–N with tert-alkyl or cyclic N) is 2. The average Bonchev–Trinajstić information content (AvgIpc) is 4.09. The van der Waals surface area contributed by atoms with Crippen LogP contribution in [0.1, 0.15) is 128 Å². The van der Waals surface area contributed by atoms with Crippen LogP contribution in [0.15, 0.2) is 59.6 Å². The molecule has 20 nitrogen and oxygen atoms in total. The van der Waals surface area contributed by atoms with Gasteiger partial charge in [0.2, 0.25) is 35.4 Å². The number of hydrogen-bond donors (Lipinski definition) is 8. The maximum atomic E-state index is 14.4. The van der Waals surface area contributed by atoms with Crippen molar-refractivity contribution in [3.05, 3.63) is 82.1 Å². The van der Waals surface area contributed by atoms with E-state index >= 15 is 0 Å². The lowest BCUT2D eigenvalue weighted by molar-refractivity contribution is -0.145. The number of aryl methyl sites for hydroxylation is 2. The van der Waals surface area contributed by atoms with Gasteiger partial charge in [-0.05, 0) is 72.6 Å². The molecule has 4 aliphatic rings. The van der Waals surface area contributed by atoms with Crippen LogP contribution in [0, 0.1) is 24.7 Å². The third-order valence-electron chi connectivity index (χ3n) is 15.3. The van der Waals surface area contributed by atoms with Crippen LogP contribution in [-0.2, 0) is 38.4 Å². The van der Waals surface area contributed by atoms with E-state index in [0.717, 1.165) is 32.3 Å². The molecule has 2 aliphatic carbocycles. The monoisotopic (exact) mass is 1170 g/mol. The molecular formula is C58H76F2N10O10S2. The van der Waals surface area contributed by atoms with Crippen molar-refractivity contribution < 1.29 is 57.4 Å². The quantitative estimate of drug-likeness (QED) is 0.0667. The van der Waals surface area contributed by atoms with Crippen molar-refractivity contribution in [1.82, 2.24) is 51.7 Å². The second-order valence-corrected chi connectivity index (χ2v) is 25.6. The highest BCUT2D eigenvalue weighted by molar-refractivity contribution is 7.13. The summed E-state index contributed by atoms with van der Waals surface area (Å²) in [5.41, 5.74) is 3.18. The Morgan fingerprint density at radius 1 is 0.585 bits per heavy atom. The summed E-state index contributed by atoms with van der Waals surface area (Å²) >= 11 is 3.04. The largest absolute Gasteiger partial charge is 0.391 e. The highest BCUT2D eigenvalue weighted by Gasteiger charge is 2.55. The van der Waals surface area contributed by atoms with Gasteiger partial charge in [-0.1, -0.05) is 90.1 Å². The van der Waals surface area contributed by atoms with Crippen molar-refractivity contribution in [3.8, 4) is 20.9 Å². The minimum atomic E-state index is -1.97. The first-order valence-electron chi connectivity index (χ1n) is 27.5. The summed E-state index contributed by atoms with van der Waals surface area (Å²) in [6, 6.07) is 9.29. The molecule has 8 amide bonds. The predicted molar refractivity (Wildman–Crippen MR) is 305 cm³/mol. The molecule has 4 fully saturated rings. The highest BCUT2D eigenvalue weighted by Crippen LogP contribution is 2.42. The number of aliphatic hydroxyl groups is 2. The zero-order valence-corrected chi connectivity index (χ0v) is 49.6. The molecule has 24 heteroatoms. The first-order chi connectivity index (χ1) is 38.5. The molecule has 2 saturated carbocycles. The van der Waals surface area contributed by atoms with Crippen LogP contribution in [-0.4, -0.2) is 152 Å². The van der Waals surface area contributed by atoms with E-state index in [0.29, 0.717) is 11.1 Å². The molecule has 2 saturated heterocycles. The van der Waals surface area contributed by atoms with Crippen LogP contribution >= 0.6 is 22.7 Å². The van der Waals surface area contributed by atoms with Gasteiger partial charge in [0.15, 0.2) is 11.3 Å². The van der Waals surface area contributed by atoms with Gasteiger partial charge in [-0.2, -0.15) is 0 Å². The zero-order valence-electron chi connectivity index (χ0n) is 48.0. The van der Waals surface area contributed by atoms with Gasteiger partial charge in [0, 0.05) is 40.0 Å². The number of carbonyl (C=O) groups excluding carboxylic acids is 8. The van der Waals surface area contributed by atoms with Crippen molar-refractivity contribution >= 4 is 69.9 Å². The summed E-state index contributed by atoms with van der Waals surface area (Å²) in [6.45, 7) is 14.1. The minimum absolute atomic E-state index is 0.00822. The van der Waals surface area contributed by atoms with Gasteiger partial charge < -0.3 is 51.9 Å². The van der Waals surface area contributed by atoms with Crippen LogP contribution in [0.2, 0.25) is 0 Å². The first-order valence-corrected chi connectivity index (χ1v) is 29.2. The number of aromatic nitrogens is 2. The van der Waals surface area contributed by atoms with E-state index in [4.69, 9.17) is 0 Å². The SMILES string of the molecule is CNC(=O)C[C@@H](NC(=O)[C@@H]1C[C@@H](O)CN1C(=O)[C@@H](NC(=O)C1(F)CC1)C(C)(C)C)c1ccc(-c2scnc2C)cc1.CNC(=O)C[C@H](NC(=O)[C@@H]1C[C@@H](O)CN1C(=O)[C@H](NC(=O)C1(F)CC1)C(C)(C)C)c1ccc(-c2scnc2C)cc1. The number of likely N-dealkylation sites (tertiary alicyclic amines) is 2. The minimum Gasteiger partial charge on any atom is -0.391 e. The maximum absolute atomic E-state index is 14.4. The lowest BCUT2D eigenvalue weighted by atomic mass is 9.85. The zero-order chi connectivity index (χ0) is 60.2. The van der Waals surface area contributed by atoms with E-state index in [2.05, 4.69) is 41.9 Å². The molecule has 4 aromatic rings. The molecule has 2 aromatic heterocycles. The number of aliphatic hydroxyl groups excluding tert-OH is 2. The second kappa shape index (κ2) is 25.4. The van der Waals surface area contributed by atoms with Crippen LogP contribution in [0.4, 0.5) is 8.78 Å². The van der Waals surface area contributed by atoms with Crippen LogP contribution in [0.5, 0.6) is 0 Å². The standard InChI is InChI=1S/2C29H38FN5O5S/c2*1-16-23(41-15-32-16)18-8-6-17(7-9-18)20(13-22(37)31-5)33-25(38)21-12-19(36)14-35(21)26(39)24(28(2,3)4)34-27(40)29(30)10-11-29/h2*6-9,15,19-21,24,36H,10-14H2,1-5H3,(H,31,37)(H,33,38)(H,34,40)/t19-,20+,21+,24+;19-,20-,21+,24-/m11/s1. The summed E-state index contributed by atoms with van der Waals surface area (Å²) in [5, 5.41) is 37.0. The fourth-order valence-electron chi connectivity index (χ4n) is 9.94. The van der Waals surface area contributed by atoms with E-state index in [-0.39, 0.29) is 76.3 Å². The van der Waals surface area contributed by atoms with E-state index in [1.807, 2.05) is 62.4 Å². The van der Waals surface area contributed by atoms with Gasteiger partial charge in [-0.15, -0.1) is 22.7 Å². The van der Waals surface area contributed by atoms with Crippen molar-refractivity contribution in [1.29, 1.82) is 0 Å². The predicted octanol–water partition coefficient (Wildman–Crippen LogP) is 4.81. The van der Waals surface area contributed by atoms with E-state index in [1.54, 1.807) is 52.6 Å². The molecule has 4 heterocycles. The van der Waals surface area contributed by atoms with Crippen LogP contribution in [0.3, 0.4) is 0 Å². The summed E-state index contributed by atoms with van der Waals surface area (Å²) in [4.78, 5) is 118. The molecule has 0 unspecified atom stereocenters. The topological polar surface area (TPSA) is 281 Å². The summed E-state index contributed by atoms with van der Waals surface area (Å²) in [6.07, 6.45) is -1.58. The van der Waals surface area contributed by atoms with Gasteiger partial charge in [-0.25, -0.2) is 18.7 Å². The van der Waals surface area contributed by atoms with Gasteiger partial charge in [0.25, 0.3) is 11.8 Å². The molecule has 8 rings (SSSR count). The van der Waals surface area contributed by atoms with Crippen molar-refractivity contribution in [3.63, 3.8) is 0 Å². The van der Waals surface area contributed by atoms with Crippen molar-refractivity contribution in [2.75, 3.05) is 27.2 Å². The molecule has 2 aliphatic heterocycles. The fraction of sp³-hybridized carbons (Fsp3) is 0.552. The number of halogens is 2. The Hall–Kier alpha value is -6.76. The van der Waals surface area contributed by atoms with E-state index in [1.165, 1.54) is 46.6 Å². The van der Waals surface area contributed by atoms with E-state index in [9.17, 15) is 57.4 Å². The Labute approximate surface area is 484 Å². The molecular weight excluding hydrogens is 1100 g/mol. The fourth-order valence-corrected chi connectivity index (χ4v) is 11.6. The highest BCUT2D eigenvalue weighted by atomic mass is 32.1. The summed E-state index contributed by atoms with van der Waals surface area (Å²) in [5.74, 6) is -4.45. The Morgan fingerprint density at radius 3 is 1.18 bits per heavy atom. The Balaban J connectivity index is 0.000000236. The lowest BCUT2D eigenvalue weighted by Crippen LogP contribution is -2.59. The average molecular weight is 1180 g/mol. The third-order valence-corrected chi connectivity index (χ3v) is 17.3. The van der Waals surface area contributed by atoms with Gasteiger partial charge in [-0.3, -0.25) is 38.4 Å². The smallest absolute Gasteiger partial charge is 0.258 e. The molecule has 8 atom stereocenters. The molecule has 82 heavy (non-hydrogen) atoms. The number of carbonyl (C=O) groups is 8. The number of hydrogen-bond acceptors (Lipinski definition) is 14. The molecule has 444 valence electrons. The number of nitrogens with zero attached hydrogens (tertiary/aromatic N) is 4. The van der Waals surface area contributed by atoms with Gasteiger partial charge in [0.1, 0.15) is 24.2 Å². The molecule has 0 radical (unpaired) electrons. The Bertz CT molecular complexity index is 2810. The van der Waals surface area contributed by atoms with Crippen molar-refractivity contribution in [2.24, 2.45) is 10.8 Å². The number of thiazole rings is 2. The number of rotatable bonds is 18. The third kappa shape index (κ3) is 15.1. The molecule has 2 aromatic carbocycles. The first kappa shape index (κ1) is 62.8. The van der Waals surface area contributed by atoms with Crippen LogP contribution in [0.25, 0.3) is 20.9 Å². The number of alkyl halides is 2. The Kier molecular flexibility index (Phi) is 19.5. The number of nitrogens with one attached hydrogen (secondary N) is 6.